The van der Waals surface area contributed by atoms with Gasteiger partial charge in [-0.2, -0.15) is 0 Å². The van der Waals surface area contributed by atoms with Gasteiger partial charge in [-0.1, -0.05) is 18.2 Å². The van der Waals surface area contributed by atoms with E-state index in [2.05, 4.69) is 10.6 Å². The lowest BCUT2D eigenvalue weighted by molar-refractivity contribution is 0.0962. The third kappa shape index (κ3) is 4.23. The highest BCUT2D eigenvalue weighted by Gasteiger charge is 2.15. The van der Waals surface area contributed by atoms with Gasteiger partial charge in [-0.15, -0.1) is 0 Å². The topological polar surface area (TPSA) is 80.3 Å². The number of amides is 2. The number of anilines is 1. The van der Waals surface area contributed by atoms with Gasteiger partial charge in [0.1, 0.15) is 5.75 Å². The Morgan fingerprint density at radius 1 is 0.871 bits per heavy atom. The highest BCUT2D eigenvalue weighted by atomic mass is 16.5. The van der Waals surface area contributed by atoms with E-state index in [0.29, 0.717) is 22.5 Å². The summed E-state index contributed by atoms with van der Waals surface area (Å²) in [6.07, 6.45) is 0. The number of ether oxygens (including phenoxy) is 1. The number of carbonyl (C=O) groups is 2. The van der Waals surface area contributed by atoms with Crippen molar-refractivity contribution in [1.82, 2.24) is 10.3 Å². The van der Waals surface area contributed by atoms with Crippen molar-refractivity contribution >= 4 is 28.4 Å². The maximum absolute atomic E-state index is 13.1. The Morgan fingerprint density at radius 2 is 1.58 bits per heavy atom. The number of carbonyl (C=O) groups excluding carboxylic acids is 2. The molecular weight excluding hydrogens is 390 g/mol. The standard InChI is InChI=1S/C25H21N3O3/c1-26-24(29)17-7-11-18(12-8-17)27-25(30)21-15-23(16-9-13-19(31-2)14-10-16)28-22-6-4-3-5-20(21)22/h3-15H,1-2H3,(H,26,29)(H,27,30). The summed E-state index contributed by atoms with van der Waals surface area (Å²) in [5, 5.41) is 6.25. The third-order valence-corrected chi connectivity index (χ3v) is 4.98. The van der Waals surface area contributed by atoms with Gasteiger partial charge in [-0.3, -0.25) is 9.59 Å². The van der Waals surface area contributed by atoms with Crippen LogP contribution in [0.3, 0.4) is 0 Å². The normalized spacial score (nSPS) is 10.5. The molecule has 4 aromatic rings. The fourth-order valence-electron chi connectivity index (χ4n) is 3.32. The van der Waals surface area contributed by atoms with Crippen molar-refractivity contribution in [3.8, 4) is 17.0 Å². The second kappa shape index (κ2) is 8.67. The SMILES string of the molecule is CNC(=O)c1ccc(NC(=O)c2cc(-c3ccc(OC)cc3)nc3ccccc23)cc1. The summed E-state index contributed by atoms with van der Waals surface area (Å²) in [6.45, 7) is 0. The molecule has 0 saturated carbocycles. The van der Waals surface area contributed by atoms with E-state index in [4.69, 9.17) is 9.72 Å². The van der Waals surface area contributed by atoms with Crippen LogP contribution in [0.15, 0.2) is 78.9 Å². The number of fused-ring (bicyclic) bond motifs is 1. The zero-order valence-corrected chi connectivity index (χ0v) is 17.2. The molecule has 0 radical (unpaired) electrons. The monoisotopic (exact) mass is 411 g/mol. The molecule has 31 heavy (non-hydrogen) atoms. The number of nitrogens with one attached hydrogen (secondary N) is 2. The first-order valence-electron chi connectivity index (χ1n) is 9.77. The zero-order chi connectivity index (χ0) is 21.8. The van der Waals surface area contributed by atoms with Gasteiger partial charge in [0.05, 0.1) is 23.9 Å². The lowest BCUT2D eigenvalue weighted by Crippen LogP contribution is -2.18. The van der Waals surface area contributed by atoms with Crippen LogP contribution in [0, 0.1) is 0 Å². The van der Waals surface area contributed by atoms with E-state index in [9.17, 15) is 9.59 Å². The molecule has 2 amide bonds. The number of pyridine rings is 1. The average molecular weight is 411 g/mol. The van der Waals surface area contributed by atoms with E-state index in [1.807, 2.05) is 48.5 Å². The number of hydrogen-bond acceptors (Lipinski definition) is 4. The fourth-order valence-corrected chi connectivity index (χ4v) is 3.32. The Morgan fingerprint density at radius 3 is 2.26 bits per heavy atom. The van der Waals surface area contributed by atoms with Gasteiger partial charge >= 0.3 is 0 Å². The lowest BCUT2D eigenvalue weighted by atomic mass is 10.0. The summed E-state index contributed by atoms with van der Waals surface area (Å²) in [5.74, 6) is 0.325. The Bertz CT molecular complexity index is 1250. The van der Waals surface area contributed by atoms with Crippen LogP contribution in [0.5, 0.6) is 5.75 Å². The van der Waals surface area contributed by atoms with E-state index in [1.165, 1.54) is 0 Å². The maximum Gasteiger partial charge on any atom is 0.256 e. The molecule has 0 aliphatic rings. The molecule has 1 aromatic heterocycles. The summed E-state index contributed by atoms with van der Waals surface area (Å²) in [5.41, 5.74) is 3.96. The molecule has 6 nitrogen and oxygen atoms in total. The summed E-state index contributed by atoms with van der Waals surface area (Å²) >= 11 is 0. The van der Waals surface area contributed by atoms with Crippen molar-refractivity contribution < 1.29 is 14.3 Å². The van der Waals surface area contributed by atoms with Gasteiger partial charge in [0.15, 0.2) is 0 Å². The minimum Gasteiger partial charge on any atom is -0.497 e. The number of nitrogens with zero attached hydrogens (tertiary/aromatic N) is 1. The Labute approximate surface area is 179 Å². The van der Waals surface area contributed by atoms with Crippen LogP contribution in [0.2, 0.25) is 0 Å². The Balaban J connectivity index is 1.69. The molecule has 3 aromatic carbocycles. The predicted octanol–water partition coefficient (Wildman–Crippen LogP) is 4.52. The first-order chi connectivity index (χ1) is 15.1. The molecule has 0 fully saturated rings. The van der Waals surface area contributed by atoms with Gasteiger partial charge in [-0.25, -0.2) is 4.98 Å². The number of para-hydroxylation sites is 1. The van der Waals surface area contributed by atoms with Crippen molar-refractivity contribution in [2.75, 3.05) is 19.5 Å². The largest absolute Gasteiger partial charge is 0.497 e. The molecule has 2 N–H and O–H groups in total. The summed E-state index contributed by atoms with van der Waals surface area (Å²) < 4.78 is 5.22. The number of benzene rings is 3. The van der Waals surface area contributed by atoms with Crippen molar-refractivity contribution in [3.63, 3.8) is 0 Å². The number of aromatic nitrogens is 1. The third-order valence-electron chi connectivity index (χ3n) is 4.98. The summed E-state index contributed by atoms with van der Waals surface area (Å²) in [7, 11) is 3.19. The summed E-state index contributed by atoms with van der Waals surface area (Å²) in [4.78, 5) is 29.6. The lowest BCUT2D eigenvalue weighted by Gasteiger charge is -2.11. The molecule has 0 aliphatic carbocycles. The number of methoxy groups -OCH3 is 1. The van der Waals surface area contributed by atoms with Crippen molar-refractivity contribution in [1.29, 1.82) is 0 Å². The molecule has 0 aliphatic heterocycles. The maximum atomic E-state index is 13.1. The van der Waals surface area contributed by atoms with E-state index in [0.717, 1.165) is 22.2 Å². The van der Waals surface area contributed by atoms with Crippen LogP contribution in [-0.4, -0.2) is 31.0 Å². The second-order valence-electron chi connectivity index (χ2n) is 6.91. The molecule has 154 valence electrons. The van der Waals surface area contributed by atoms with E-state index in [1.54, 1.807) is 44.5 Å². The van der Waals surface area contributed by atoms with Crippen LogP contribution in [0.1, 0.15) is 20.7 Å². The highest BCUT2D eigenvalue weighted by Crippen LogP contribution is 2.27. The van der Waals surface area contributed by atoms with Crippen LogP contribution in [0.4, 0.5) is 5.69 Å². The minimum atomic E-state index is -0.249. The molecule has 0 bridgehead atoms. The molecular formula is C25H21N3O3. The number of hydrogen-bond donors (Lipinski definition) is 2. The molecule has 0 atom stereocenters. The van der Waals surface area contributed by atoms with Gasteiger partial charge in [0.2, 0.25) is 0 Å². The number of rotatable bonds is 5. The molecule has 6 heteroatoms. The van der Waals surface area contributed by atoms with E-state index in [-0.39, 0.29) is 11.8 Å². The first kappa shape index (κ1) is 20.1. The molecule has 0 spiro atoms. The first-order valence-corrected chi connectivity index (χ1v) is 9.77. The van der Waals surface area contributed by atoms with E-state index < -0.39 is 0 Å². The molecule has 0 unspecified atom stereocenters. The fraction of sp³-hybridized carbons (Fsp3) is 0.0800. The Hall–Kier alpha value is -4.19. The smallest absolute Gasteiger partial charge is 0.256 e. The second-order valence-corrected chi connectivity index (χ2v) is 6.91. The van der Waals surface area contributed by atoms with Gasteiger partial charge < -0.3 is 15.4 Å². The zero-order valence-electron chi connectivity index (χ0n) is 17.2. The van der Waals surface area contributed by atoms with Gasteiger partial charge in [-0.05, 0) is 60.7 Å². The minimum absolute atomic E-state index is 0.179. The van der Waals surface area contributed by atoms with Gasteiger partial charge in [0, 0.05) is 29.2 Å². The molecule has 0 saturated heterocycles. The van der Waals surface area contributed by atoms with Crippen molar-refractivity contribution in [3.05, 3.63) is 90.0 Å². The van der Waals surface area contributed by atoms with Crippen molar-refractivity contribution in [2.24, 2.45) is 0 Å². The predicted molar refractivity (Wildman–Crippen MR) is 122 cm³/mol. The molecule has 4 rings (SSSR count). The van der Waals surface area contributed by atoms with E-state index >= 15 is 0 Å². The average Bonchev–Trinajstić information content (AvgIpc) is 2.83. The van der Waals surface area contributed by atoms with Crippen LogP contribution < -0.4 is 15.4 Å². The Kier molecular flexibility index (Phi) is 5.62. The van der Waals surface area contributed by atoms with Crippen LogP contribution in [0.25, 0.3) is 22.2 Å². The summed E-state index contributed by atoms with van der Waals surface area (Å²) in [6, 6.07) is 23.6. The van der Waals surface area contributed by atoms with Crippen LogP contribution >= 0.6 is 0 Å². The quantitative estimate of drug-likeness (QED) is 0.506. The van der Waals surface area contributed by atoms with Gasteiger partial charge in [0.25, 0.3) is 11.8 Å². The highest BCUT2D eigenvalue weighted by molar-refractivity contribution is 6.13. The van der Waals surface area contributed by atoms with Crippen LogP contribution in [-0.2, 0) is 0 Å². The molecule has 1 heterocycles. The van der Waals surface area contributed by atoms with Crippen molar-refractivity contribution in [2.45, 2.75) is 0 Å².